The van der Waals surface area contributed by atoms with E-state index in [4.69, 9.17) is 10.5 Å². The van der Waals surface area contributed by atoms with E-state index >= 15 is 4.39 Å². The number of nitrogens with zero attached hydrogens (tertiary/aromatic N) is 2. The van der Waals surface area contributed by atoms with Gasteiger partial charge in [0.2, 0.25) is 0 Å². The molecular weight excluding hydrogens is 335 g/mol. The second-order valence-corrected chi connectivity index (χ2v) is 7.15. The van der Waals surface area contributed by atoms with Crippen LogP contribution in [0.15, 0.2) is 18.3 Å². The predicted molar refractivity (Wildman–Crippen MR) is 98.0 cm³/mol. The Morgan fingerprint density at radius 1 is 1.35 bits per heavy atom. The highest BCUT2D eigenvalue weighted by Crippen LogP contribution is 2.58. The lowest BCUT2D eigenvalue weighted by Gasteiger charge is -2.18. The molecule has 1 spiro atoms. The van der Waals surface area contributed by atoms with Gasteiger partial charge in [0.25, 0.3) is 5.91 Å². The highest BCUT2D eigenvalue weighted by atomic mass is 19.1. The summed E-state index contributed by atoms with van der Waals surface area (Å²) in [7, 11) is 4.70. The van der Waals surface area contributed by atoms with Crippen molar-refractivity contribution in [1.82, 2.24) is 9.88 Å². The van der Waals surface area contributed by atoms with E-state index in [9.17, 15) is 4.79 Å². The third-order valence-electron chi connectivity index (χ3n) is 5.30. The standard InChI is InChI=1S/C19H21FN4O2/c1-24(2)18(25)13-12(21)5-4-10(15(13)20)11-8-22-17-14(16(11)26-3)19(6-7-19)9-23-17/h4-5,8H,6-7,9,21H2,1-3H3,(H,22,23). The van der Waals surface area contributed by atoms with Crippen molar-refractivity contribution >= 4 is 17.4 Å². The number of benzene rings is 1. The molecule has 3 N–H and O–H groups in total. The lowest BCUT2D eigenvalue weighted by molar-refractivity contribution is 0.0824. The predicted octanol–water partition coefficient (Wildman–Crippen LogP) is 2.64. The molecule has 1 aliphatic carbocycles. The molecule has 1 amide bonds. The number of pyridine rings is 1. The molecule has 2 aromatic rings. The molecular formula is C19H21FN4O2. The Morgan fingerprint density at radius 2 is 2.08 bits per heavy atom. The molecule has 1 aromatic carbocycles. The van der Waals surface area contributed by atoms with E-state index in [-0.39, 0.29) is 22.2 Å². The van der Waals surface area contributed by atoms with Crippen molar-refractivity contribution in [2.45, 2.75) is 18.3 Å². The van der Waals surface area contributed by atoms with E-state index < -0.39 is 11.7 Å². The Bertz CT molecular complexity index is 922. The number of hydrogen-bond donors (Lipinski definition) is 2. The fourth-order valence-corrected chi connectivity index (χ4v) is 3.68. The second kappa shape index (κ2) is 5.59. The smallest absolute Gasteiger partial charge is 0.258 e. The number of hydrogen-bond acceptors (Lipinski definition) is 5. The molecule has 1 aliphatic heterocycles. The van der Waals surface area contributed by atoms with Crippen LogP contribution in [-0.2, 0) is 5.41 Å². The zero-order valence-electron chi connectivity index (χ0n) is 15.0. The molecule has 1 saturated carbocycles. The first-order valence-electron chi connectivity index (χ1n) is 8.51. The first-order valence-corrected chi connectivity index (χ1v) is 8.51. The number of anilines is 2. The maximum absolute atomic E-state index is 15.3. The molecule has 0 saturated heterocycles. The van der Waals surface area contributed by atoms with Crippen molar-refractivity contribution in [3.05, 3.63) is 35.3 Å². The van der Waals surface area contributed by atoms with Gasteiger partial charge in [-0.1, -0.05) is 0 Å². The lowest BCUT2D eigenvalue weighted by atomic mass is 9.93. The Balaban J connectivity index is 1.93. The summed E-state index contributed by atoms with van der Waals surface area (Å²) in [5, 5.41) is 3.31. The minimum absolute atomic E-state index is 0.0380. The minimum Gasteiger partial charge on any atom is -0.496 e. The Hall–Kier alpha value is -2.83. The number of methoxy groups -OCH3 is 1. The van der Waals surface area contributed by atoms with Crippen LogP contribution in [0.3, 0.4) is 0 Å². The average molecular weight is 356 g/mol. The number of rotatable bonds is 3. The fraction of sp³-hybridized carbons (Fsp3) is 0.368. The van der Waals surface area contributed by atoms with Crippen molar-refractivity contribution in [3.8, 4) is 16.9 Å². The summed E-state index contributed by atoms with van der Waals surface area (Å²) in [4.78, 5) is 18.1. The molecule has 0 atom stereocenters. The van der Waals surface area contributed by atoms with Gasteiger partial charge < -0.3 is 20.7 Å². The van der Waals surface area contributed by atoms with E-state index in [1.807, 2.05) is 0 Å². The number of fused-ring (bicyclic) bond motifs is 2. The van der Waals surface area contributed by atoms with Crippen molar-refractivity contribution in [1.29, 1.82) is 0 Å². The molecule has 0 radical (unpaired) electrons. The third-order valence-corrected chi connectivity index (χ3v) is 5.30. The van der Waals surface area contributed by atoms with Gasteiger partial charge in [0.1, 0.15) is 17.4 Å². The molecule has 1 aromatic heterocycles. The molecule has 1 fully saturated rings. The number of nitrogens with two attached hydrogens (primary N) is 1. The Kier molecular flexibility index (Phi) is 3.57. The first kappa shape index (κ1) is 16.6. The van der Waals surface area contributed by atoms with Crippen LogP contribution in [0.4, 0.5) is 15.9 Å². The van der Waals surface area contributed by atoms with Gasteiger partial charge in [0, 0.05) is 54.6 Å². The number of ether oxygens (including phenoxy) is 1. The van der Waals surface area contributed by atoms with Gasteiger partial charge >= 0.3 is 0 Å². The van der Waals surface area contributed by atoms with E-state index in [2.05, 4.69) is 10.3 Å². The maximum atomic E-state index is 15.3. The number of nitrogen functional groups attached to an aromatic ring is 1. The molecule has 6 nitrogen and oxygen atoms in total. The van der Waals surface area contributed by atoms with Crippen molar-refractivity contribution < 1.29 is 13.9 Å². The van der Waals surface area contributed by atoms with Crippen LogP contribution in [0, 0.1) is 5.82 Å². The number of amides is 1. The van der Waals surface area contributed by atoms with Crippen molar-refractivity contribution in [2.75, 3.05) is 38.8 Å². The van der Waals surface area contributed by atoms with Crippen LogP contribution < -0.4 is 15.8 Å². The fourth-order valence-electron chi connectivity index (χ4n) is 3.68. The van der Waals surface area contributed by atoms with Gasteiger partial charge in [-0.25, -0.2) is 9.37 Å². The van der Waals surface area contributed by atoms with Crippen LogP contribution in [0.2, 0.25) is 0 Å². The highest BCUT2D eigenvalue weighted by molar-refractivity contribution is 6.01. The summed E-state index contributed by atoms with van der Waals surface area (Å²) in [5.74, 6) is 0.280. The van der Waals surface area contributed by atoms with Gasteiger partial charge in [-0.2, -0.15) is 0 Å². The third kappa shape index (κ3) is 2.23. The molecule has 7 heteroatoms. The van der Waals surface area contributed by atoms with Crippen molar-refractivity contribution in [2.24, 2.45) is 0 Å². The van der Waals surface area contributed by atoms with Gasteiger partial charge in [0.05, 0.1) is 12.7 Å². The van der Waals surface area contributed by atoms with E-state index in [0.29, 0.717) is 11.3 Å². The molecule has 4 rings (SSSR count). The summed E-state index contributed by atoms with van der Waals surface area (Å²) >= 11 is 0. The molecule has 2 heterocycles. The maximum Gasteiger partial charge on any atom is 0.258 e. The largest absolute Gasteiger partial charge is 0.496 e. The number of halogens is 1. The second-order valence-electron chi connectivity index (χ2n) is 7.15. The van der Waals surface area contributed by atoms with Crippen molar-refractivity contribution in [3.63, 3.8) is 0 Å². The van der Waals surface area contributed by atoms with Crippen LogP contribution in [0.1, 0.15) is 28.8 Å². The number of aromatic nitrogens is 1. The topological polar surface area (TPSA) is 80.5 Å². The van der Waals surface area contributed by atoms with Gasteiger partial charge in [-0.05, 0) is 25.0 Å². The van der Waals surface area contributed by atoms with Crippen LogP contribution in [-0.4, -0.2) is 43.5 Å². The average Bonchev–Trinajstić information content (AvgIpc) is 3.30. The first-order chi connectivity index (χ1) is 12.4. The lowest BCUT2D eigenvalue weighted by Crippen LogP contribution is -2.24. The van der Waals surface area contributed by atoms with Crippen LogP contribution in [0.5, 0.6) is 5.75 Å². The SMILES string of the molecule is COc1c(-c2ccc(N)c(C(=O)N(C)C)c2F)cnc2c1C1(CC1)CN2. The Labute approximate surface area is 151 Å². The number of carbonyl (C=O) groups is 1. The van der Waals surface area contributed by atoms with E-state index in [0.717, 1.165) is 30.8 Å². The molecule has 2 aliphatic rings. The minimum atomic E-state index is -0.653. The van der Waals surface area contributed by atoms with Gasteiger partial charge in [0.15, 0.2) is 0 Å². The van der Waals surface area contributed by atoms with E-state index in [1.54, 1.807) is 39.5 Å². The van der Waals surface area contributed by atoms with Crippen LogP contribution >= 0.6 is 0 Å². The summed E-state index contributed by atoms with van der Waals surface area (Å²) < 4.78 is 21.0. The molecule has 136 valence electrons. The normalized spacial score (nSPS) is 16.2. The molecule has 26 heavy (non-hydrogen) atoms. The summed E-state index contributed by atoms with van der Waals surface area (Å²) in [6.45, 7) is 0.823. The quantitative estimate of drug-likeness (QED) is 0.827. The summed E-state index contributed by atoms with van der Waals surface area (Å²) in [6.07, 6.45) is 3.71. The zero-order valence-corrected chi connectivity index (χ0v) is 15.0. The Morgan fingerprint density at radius 3 is 2.69 bits per heavy atom. The number of nitrogens with one attached hydrogen (secondary N) is 1. The summed E-state index contributed by atoms with van der Waals surface area (Å²) in [6, 6.07) is 3.12. The monoisotopic (exact) mass is 356 g/mol. The van der Waals surface area contributed by atoms with Gasteiger partial charge in [-0.3, -0.25) is 4.79 Å². The van der Waals surface area contributed by atoms with Gasteiger partial charge in [-0.15, -0.1) is 0 Å². The zero-order chi connectivity index (χ0) is 18.6. The highest BCUT2D eigenvalue weighted by Gasteiger charge is 2.52. The molecule has 0 bridgehead atoms. The number of carbonyl (C=O) groups excluding carboxylic acids is 1. The molecule has 0 unspecified atom stereocenters. The van der Waals surface area contributed by atoms with Crippen LogP contribution in [0.25, 0.3) is 11.1 Å². The summed E-state index contributed by atoms with van der Waals surface area (Å²) in [5.41, 5.74) is 7.70. The van der Waals surface area contributed by atoms with E-state index in [1.165, 1.54) is 4.90 Å².